The molecular weight excluding hydrogens is 262 g/mol. The zero-order chi connectivity index (χ0) is 14.7. The van der Waals surface area contributed by atoms with E-state index >= 15 is 0 Å². The van der Waals surface area contributed by atoms with Crippen LogP contribution in [0.5, 0.6) is 5.75 Å². The number of carboxylic acid groups (broad SMARTS) is 1. The second-order valence-corrected chi connectivity index (χ2v) is 4.79. The fourth-order valence-electron chi connectivity index (χ4n) is 2.07. The SMILES string of the molecule is NC1CCN(C(=O)Nc2ccc(C(=O)O)cc2O)CC1. The third-order valence-corrected chi connectivity index (χ3v) is 3.31. The number of carbonyl (C=O) groups excluding carboxylic acids is 1. The summed E-state index contributed by atoms with van der Waals surface area (Å²) >= 11 is 0. The van der Waals surface area contributed by atoms with Gasteiger partial charge in [-0.2, -0.15) is 0 Å². The van der Waals surface area contributed by atoms with Crippen LogP contribution in [0.25, 0.3) is 0 Å². The number of amides is 2. The van der Waals surface area contributed by atoms with Crippen LogP contribution in [0.15, 0.2) is 18.2 Å². The number of nitrogens with one attached hydrogen (secondary N) is 1. The van der Waals surface area contributed by atoms with Crippen LogP contribution in [0.4, 0.5) is 10.5 Å². The Morgan fingerprint density at radius 2 is 1.95 bits per heavy atom. The van der Waals surface area contributed by atoms with Gasteiger partial charge in [-0.3, -0.25) is 0 Å². The third-order valence-electron chi connectivity index (χ3n) is 3.31. The molecule has 1 fully saturated rings. The molecule has 0 aromatic heterocycles. The summed E-state index contributed by atoms with van der Waals surface area (Å²) in [4.78, 5) is 24.4. The molecule has 1 aliphatic rings. The number of aromatic hydroxyl groups is 1. The molecule has 1 aromatic carbocycles. The number of carboxylic acids is 1. The first kappa shape index (κ1) is 14.1. The lowest BCUT2D eigenvalue weighted by Crippen LogP contribution is -2.44. The molecule has 0 saturated carbocycles. The molecule has 108 valence electrons. The minimum Gasteiger partial charge on any atom is -0.506 e. The second-order valence-electron chi connectivity index (χ2n) is 4.79. The Morgan fingerprint density at radius 1 is 1.30 bits per heavy atom. The summed E-state index contributed by atoms with van der Waals surface area (Å²) in [6.07, 6.45) is 1.49. The van der Waals surface area contributed by atoms with E-state index in [0.717, 1.165) is 18.9 Å². The molecule has 7 heteroatoms. The summed E-state index contributed by atoms with van der Waals surface area (Å²) in [5, 5.41) is 21.1. The van der Waals surface area contributed by atoms with Crippen LogP contribution in [-0.4, -0.2) is 46.2 Å². The summed E-state index contributed by atoms with van der Waals surface area (Å²) in [7, 11) is 0. The quantitative estimate of drug-likeness (QED) is 0.604. The number of carbonyl (C=O) groups is 2. The molecule has 20 heavy (non-hydrogen) atoms. The number of phenols is 1. The Hall–Kier alpha value is -2.28. The highest BCUT2D eigenvalue weighted by Crippen LogP contribution is 2.25. The smallest absolute Gasteiger partial charge is 0.335 e. The van der Waals surface area contributed by atoms with Gasteiger partial charge in [-0.1, -0.05) is 0 Å². The van der Waals surface area contributed by atoms with Crippen molar-refractivity contribution in [1.29, 1.82) is 0 Å². The van der Waals surface area contributed by atoms with Crippen molar-refractivity contribution in [3.63, 3.8) is 0 Å². The molecule has 0 spiro atoms. The number of urea groups is 1. The Balaban J connectivity index is 2.02. The zero-order valence-electron chi connectivity index (χ0n) is 10.9. The molecule has 2 rings (SSSR count). The van der Waals surface area contributed by atoms with Crippen LogP contribution in [-0.2, 0) is 0 Å². The van der Waals surface area contributed by atoms with E-state index in [1.165, 1.54) is 12.1 Å². The molecule has 1 aromatic rings. The number of benzene rings is 1. The average molecular weight is 279 g/mol. The Kier molecular flexibility index (Phi) is 4.09. The number of rotatable bonds is 2. The zero-order valence-corrected chi connectivity index (χ0v) is 10.9. The average Bonchev–Trinajstić information content (AvgIpc) is 2.41. The van der Waals surface area contributed by atoms with Gasteiger partial charge >= 0.3 is 12.0 Å². The summed E-state index contributed by atoms with van der Waals surface area (Å²) in [6.45, 7) is 1.14. The maximum absolute atomic E-state index is 12.0. The van der Waals surface area contributed by atoms with Gasteiger partial charge < -0.3 is 26.2 Å². The molecule has 0 aliphatic carbocycles. The molecule has 1 saturated heterocycles. The highest BCUT2D eigenvalue weighted by Gasteiger charge is 2.21. The molecule has 0 atom stereocenters. The standard InChI is InChI=1S/C13H17N3O4/c14-9-3-5-16(6-4-9)13(20)15-10-2-1-8(12(18)19)7-11(10)17/h1-2,7,9,17H,3-6,14H2,(H,15,20)(H,18,19). The molecule has 0 radical (unpaired) electrons. The van der Waals surface area contributed by atoms with E-state index < -0.39 is 5.97 Å². The van der Waals surface area contributed by atoms with E-state index in [2.05, 4.69) is 5.32 Å². The van der Waals surface area contributed by atoms with E-state index in [0.29, 0.717) is 13.1 Å². The van der Waals surface area contributed by atoms with Crippen LogP contribution < -0.4 is 11.1 Å². The van der Waals surface area contributed by atoms with Gasteiger partial charge in [0.25, 0.3) is 0 Å². The summed E-state index contributed by atoms with van der Waals surface area (Å²) in [5.74, 6) is -1.41. The van der Waals surface area contributed by atoms with Gasteiger partial charge in [-0.25, -0.2) is 9.59 Å². The van der Waals surface area contributed by atoms with Crippen molar-refractivity contribution in [3.8, 4) is 5.75 Å². The highest BCUT2D eigenvalue weighted by atomic mass is 16.4. The number of anilines is 1. The van der Waals surface area contributed by atoms with Crippen LogP contribution in [0.2, 0.25) is 0 Å². The molecule has 1 aliphatic heterocycles. The van der Waals surface area contributed by atoms with Gasteiger partial charge in [-0.05, 0) is 31.0 Å². The number of aromatic carboxylic acids is 1. The van der Waals surface area contributed by atoms with E-state index in [4.69, 9.17) is 10.8 Å². The lowest BCUT2D eigenvalue weighted by atomic mass is 10.1. The highest BCUT2D eigenvalue weighted by molar-refractivity contribution is 5.93. The van der Waals surface area contributed by atoms with Gasteiger partial charge in [0, 0.05) is 19.1 Å². The van der Waals surface area contributed by atoms with E-state index in [9.17, 15) is 14.7 Å². The van der Waals surface area contributed by atoms with Crippen molar-refractivity contribution in [2.24, 2.45) is 5.73 Å². The third kappa shape index (κ3) is 3.18. The number of hydrogen-bond acceptors (Lipinski definition) is 4. The fraction of sp³-hybridized carbons (Fsp3) is 0.385. The Bertz CT molecular complexity index is 524. The van der Waals surface area contributed by atoms with Crippen LogP contribution >= 0.6 is 0 Å². The van der Waals surface area contributed by atoms with Crippen LogP contribution in [0, 0.1) is 0 Å². The number of nitrogens with zero attached hydrogens (tertiary/aromatic N) is 1. The van der Waals surface area contributed by atoms with Crippen molar-refractivity contribution in [2.75, 3.05) is 18.4 Å². The van der Waals surface area contributed by atoms with Crippen molar-refractivity contribution in [1.82, 2.24) is 4.90 Å². The Labute approximate surface area is 116 Å². The molecular formula is C13H17N3O4. The van der Waals surface area contributed by atoms with E-state index in [1.54, 1.807) is 4.90 Å². The van der Waals surface area contributed by atoms with Gasteiger partial charge in [0.1, 0.15) is 5.75 Å². The number of phenolic OH excluding ortho intramolecular Hbond substituents is 1. The maximum Gasteiger partial charge on any atom is 0.335 e. The maximum atomic E-state index is 12.0. The lowest BCUT2D eigenvalue weighted by Gasteiger charge is -2.30. The van der Waals surface area contributed by atoms with Gasteiger partial charge in [0.2, 0.25) is 0 Å². The first-order valence-electron chi connectivity index (χ1n) is 6.35. The number of piperidine rings is 1. The molecule has 5 N–H and O–H groups in total. The summed E-state index contributed by atoms with van der Waals surface area (Å²) in [6, 6.07) is 3.60. The Morgan fingerprint density at radius 3 is 2.50 bits per heavy atom. The molecule has 0 bridgehead atoms. The predicted molar refractivity (Wildman–Crippen MR) is 72.9 cm³/mol. The van der Waals surface area contributed by atoms with Crippen molar-refractivity contribution >= 4 is 17.7 Å². The lowest BCUT2D eigenvalue weighted by molar-refractivity contribution is 0.0696. The van der Waals surface area contributed by atoms with Gasteiger partial charge in [-0.15, -0.1) is 0 Å². The van der Waals surface area contributed by atoms with Crippen LogP contribution in [0.3, 0.4) is 0 Å². The summed E-state index contributed by atoms with van der Waals surface area (Å²) in [5.41, 5.74) is 5.92. The monoisotopic (exact) mass is 279 g/mol. The fourth-order valence-corrected chi connectivity index (χ4v) is 2.07. The molecule has 1 heterocycles. The van der Waals surface area contributed by atoms with Crippen molar-refractivity contribution in [2.45, 2.75) is 18.9 Å². The van der Waals surface area contributed by atoms with Crippen LogP contribution in [0.1, 0.15) is 23.2 Å². The van der Waals surface area contributed by atoms with Gasteiger partial charge in [0.15, 0.2) is 0 Å². The van der Waals surface area contributed by atoms with Crippen molar-refractivity contribution in [3.05, 3.63) is 23.8 Å². The topological polar surface area (TPSA) is 116 Å². The number of hydrogen-bond donors (Lipinski definition) is 4. The molecule has 0 unspecified atom stereocenters. The van der Waals surface area contributed by atoms with Gasteiger partial charge in [0.05, 0.1) is 11.3 Å². The first-order chi connectivity index (χ1) is 9.47. The second kappa shape index (κ2) is 5.79. The molecule has 2 amide bonds. The predicted octanol–water partition coefficient (Wildman–Crippen LogP) is 1.05. The number of nitrogens with two attached hydrogens (primary N) is 1. The first-order valence-corrected chi connectivity index (χ1v) is 6.35. The van der Waals surface area contributed by atoms with E-state index in [-0.39, 0.29) is 29.1 Å². The summed E-state index contributed by atoms with van der Waals surface area (Å²) < 4.78 is 0. The largest absolute Gasteiger partial charge is 0.506 e. The normalized spacial score (nSPS) is 15.9. The van der Waals surface area contributed by atoms with Crippen molar-refractivity contribution < 1.29 is 19.8 Å². The minimum absolute atomic E-state index is 0.0376. The van der Waals surface area contributed by atoms with E-state index in [1.807, 2.05) is 0 Å². The minimum atomic E-state index is -1.14. The number of likely N-dealkylation sites (tertiary alicyclic amines) is 1. The molecule has 7 nitrogen and oxygen atoms in total.